The molecule has 2 heterocycles. The lowest BCUT2D eigenvalue weighted by atomic mass is 10.1. The number of likely N-dealkylation sites (N-methyl/N-ethyl adjacent to an activating group) is 1. The highest BCUT2D eigenvalue weighted by Gasteiger charge is 2.35. The zero-order valence-corrected chi connectivity index (χ0v) is 19.4. The Morgan fingerprint density at radius 3 is 2.55 bits per heavy atom. The molecule has 2 saturated heterocycles. The van der Waals surface area contributed by atoms with Gasteiger partial charge in [0.05, 0.1) is 24.4 Å². The average Bonchev–Trinajstić information content (AvgIpc) is 3.33. The van der Waals surface area contributed by atoms with Gasteiger partial charge in [-0.1, -0.05) is 42.1 Å². The summed E-state index contributed by atoms with van der Waals surface area (Å²) in [6, 6.07) is 17.3. The van der Waals surface area contributed by atoms with E-state index in [9.17, 15) is 14.4 Å². The summed E-state index contributed by atoms with van der Waals surface area (Å²) in [6.45, 7) is 3.40. The van der Waals surface area contributed by atoms with Crippen LogP contribution in [0.3, 0.4) is 0 Å². The van der Waals surface area contributed by atoms with Crippen LogP contribution in [0.2, 0.25) is 0 Å². The summed E-state index contributed by atoms with van der Waals surface area (Å²) in [5, 5.41) is 1.61. The molecule has 0 saturated carbocycles. The molecule has 2 fully saturated rings. The van der Waals surface area contributed by atoms with Gasteiger partial charge in [-0.05, 0) is 43.2 Å². The van der Waals surface area contributed by atoms with Crippen molar-refractivity contribution in [3.8, 4) is 5.75 Å². The topological polar surface area (TPSA) is 88.2 Å². The van der Waals surface area contributed by atoms with Crippen LogP contribution >= 0.6 is 11.8 Å². The maximum absolute atomic E-state index is 12.4. The third-order valence-corrected chi connectivity index (χ3v) is 6.69. The molecule has 0 aliphatic carbocycles. The molecule has 2 aliphatic heterocycles. The highest BCUT2D eigenvalue weighted by Crippen LogP contribution is 2.24. The molecule has 1 N–H and O–H groups in total. The Kier molecular flexibility index (Phi) is 7.08. The van der Waals surface area contributed by atoms with Crippen LogP contribution in [-0.4, -0.2) is 66.3 Å². The smallest absolute Gasteiger partial charge is 0.410 e. The van der Waals surface area contributed by atoms with E-state index in [0.29, 0.717) is 31.9 Å². The van der Waals surface area contributed by atoms with Gasteiger partial charge in [0.1, 0.15) is 18.5 Å². The maximum Gasteiger partial charge on any atom is 0.410 e. The Balaban J connectivity index is 1.24. The number of para-hydroxylation sites is 1. The molecule has 2 aromatic carbocycles. The van der Waals surface area contributed by atoms with Crippen LogP contribution < -0.4 is 15.0 Å². The summed E-state index contributed by atoms with van der Waals surface area (Å²) < 4.78 is 11.4. The molecule has 3 unspecified atom stereocenters. The van der Waals surface area contributed by atoms with Crippen LogP contribution in [0.1, 0.15) is 12.5 Å². The minimum Gasteiger partial charge on any atom is -0.491 e. The standard InChI is InChI=1S/C24H27N3O5S/c1-16(27-14-20(32-24(27)30)13-26(2)18-6-4-3-5-7-18)15-31-19-10-8-17(9-11-19)12-21-22(28)25-23(29)33-21/h3-11,16,20-21H,12-15H2,1-2H3,(H,25,28,29). The number of cyclic esters (lactones) is 1. The van der Waals surface area contributed by atoms with Gasteiger partial charge in [0, 0.05) is 12.7 Å². The predicted octanol–water partition coefficient (Wildman–Crippen LogP) is 3.31. The van der Waals surface area contributed by atoms with Gasteiger partial charge < -0.3 is 14.4 Å². The largest absolute Gasteiger partial charge is 0.491 e. The Bertz CT molecular complexity index is 1000. The van der Waals surface area contributed by atoms with E-state index in [1.165, 1.54) is 0 Å². The van der Waals surface area contributed by atoms with Gasteiger partial charge in [0.15, 0.2) is 0 Å². The predicted molar refractivity (Wildman–Crippen MR) is 127 cm³/mol. The average molecular weight is 470 g/mol. The summed E-state index contributed by atoms with van der Waals surface area (Å²) in [7, 11) is 1.98. The number of nitrogens with zero attached hydrogens (tertiary/aromatic N) is 2. The second-order valence-electron chi connectivity index (χ2n) is 8.27. The minimum absolute atomic E-state index is 0.145. The van der Waals surface area contributed by atoms with E-state index in [1.54, 1.807) is 4.90 Å². The van der Waals surface area contributed by atoms with Crippen LogP contribution in [0, 0.1) is 0 Å². The number of rotatable bonds is 9. The summed E-state index contributed by atoms with van der Waals surface area (Å²) in [4.78, 5) is 39.2. The molecule has 174 valence electrons. The highest BCUT2D eigenvalue weighted by molar-refractivity contribution is 8.15. The van der Waals surface area contributed by atoms with Crippen molar-refractivity contribution >= 4 is 34.7 Å². The molecule has 9 heteroatoms. The fraction of sp³-hybridized carbons (Fsp3) is 0.375. The lowest BCUT2D eigenvalue weighted by Crippen LogP contribution is -2.39. The van der Waals surface area contributed by atoms with Gasteiger partial charge in [-0.25, -0.2) is 4.79 Å². The summed E-state index contributed by atoms with van der Waals surface area (Å²) >= 11 is 1.02. The molecular weight excluding hydrogens is 442 g/mol. The molecule has 2 aliphatic rings. The van der Waals surface area contributed by atoms with Gasteiger partial charge in [-0.3, -0.25) is 19.8 Å². The molecule has 3 amide bonds. The first-order chi connectivity index (χ1) is 15.9. The highest BCUT2D eigenvalue weighted by atomic mass is 32.2. The van der Waals surface area contributed by atoms with Crippen LogP contribution in [0.15, 0.2) is 54.6 Å². The zero-order chi connectivity index (χ0) is 23.4. The Morgan fingerprint density at radius 2 is 1.88 bits per heavy atom. The van der Waals surface area contributed by atoms with Gasteiger partial charge in [0.2, 0.25) is 5.91 Å². The maximum atomic E-state index is 12.4. The third-order valence-electron chi connectivity index (χ3n) is 5.71. The number of benzene rings is 2. The number of carbonyl (C=O) groups excluding carboxylic acids is 3. The summed E-state index contributed by atoms with van der Waals surface area (Å²) in [6.07, 6.45) is -0.0473. The molecule has 0 aromatic heterocycles. The van der Waals surface area contributed by atoms with Crippen molar-refractivity contribution in [2.24, 2.45) is 0 Å². The van der Waals surface area contributed by atoms with E-state index < -0.39 is 0 Å². The van der Waals surface area contributed by atoms with E-state index >= 15 is 0 Å². The molecule has 4 rings (SSSR count). The first kappa shape index (κ1) is 23.0. The number of hydrogen-bond acceptors (Lipinski definition) is 7. The van der Waals surface area contributed by atoms with Crippen molar-refractivity contribution in [1.29, 1.82) is 0 Å². The van der Waals surface area contributed by atoms with E-state index in [2.05, 4.69) is 10.2 Å². The number of ether oxygens (including phenoxy) is 2. The lowest BCUT2D eigenvalue weighted by Gasteiger charge is -2.23. The number of anilines is 1. The van der Waals surface area contributed by atoms with E-state index in [-0.39, 0.29) is 34.6 Å². The van der Waals surface area contributed by atoms with Crippen molar-refractivity contribution in [3.63, 3.8) is 0 Å². The molecule has 0 radical (unpaired) electrons. The van der Waals surface area contributed by atoms with Crippen molar-refractivity contribution in [1.82, 2.24) is 10.2 Å². The van der Waals surface area contributed by atoms with Crippen molar-refractivity contribution < 1.29 is 23.9 Å². The monoisotopic (exact) mass is 469 g/mol. The van der Waals surface area contributed by atoms with Crippen LogP contribution in [0.5, 0.6) is 5.75 Å². The summed E-state index contributed by atoms with van der Waals surface area (Å²) in [5.41, 5.74) is 2.02. The van der Waals surface area contributed by atoms with Gasteiger partial charge in [-0.2, -0.15) is 0 Å². The number of carbonyl (C=O) groups is 3. The van der Waals surface area contributed by atoms with Gasteiger partial charge >= 0.3 is 6.09 Å². The fourth-order valence-electron chi connectivity index (χ4n) is 3.86. The number of hydrogen-bond donors (Lipinski definition) is 1. The normalized spacial score (nSPS) is 21.0. The van der Waals surface area contributed by atoms with Crippen LogP contribution in [-0.2, 0) is 16.0 Å². The van der Waals surface area contributed by atoms with E-state index in [0.717, 1.165) is 23.0 Å². The first-order valence-corrected chi connectivity index (χ1v) is 11.7. The number of imide groups is 1. The van der Waals surface area contributed by atoms with Crippen molar-refractivity contribution in [2.75, 3.05) is 31.6 Å². The second kappa shape index (κ2) is 10.2. The van der Waals surface area contributed by atoms with Gasteiger partial charge in [-0.15, -0.1) is 0 Å². The molecular formula is C24H27N3O5S. The lowest BCUT2D eigenvalue weighted by molar-refractivity contribution is -0.118. The molecule has 8 nitrogen and oxygen atoms in total. The van der Waals surface area contributed by atoms with Crippen LogP contribution in [0.25, 0.3) is 0 Å². The third kappa shape index (κ3) is 5.78. The SMILES string of the molecule is CC(COc1ccc(CC2SC(=O)NC2=O)cc1)N1CC(CN(C)c2ccccc2)OC1=O. The number of nitrogens with one attached hydrogen (secondary N) is 1. The summed E-state index contributed by atoms with van der Waals surface area (Å²) in [5.74, 6) is 0.433. The molecule has 0 bridgehead atoms. The van der Waals surface area contributed by atoms with Crippen molar-refractivity contribution in [2.45, 2.75) is 30.7 Å². The Morgan fingerprint density at radius 1 is 1.15 bits per heavy atom. The molecule has 0 spiro atoms. The number of amides is 3. The minimum atomic E-state index is -0.389. The zero-order valence-electron chi connectivity index (χ0n) is 18.6. The van der Waals surface area contributed by atoms with E-state index in [1.807, 2.05) is 68.6 Å². The number of thioether (sulfide) groups is 1. The fourth-order valence-corrected chi connectivity index (χ4v) is 4.72. The molecule has 3 atom stereocenters. The van der Waals surface area contributed by atoms with Crippen LogP contribution in [0.4, 0.5) is 15.3 Å². The second-order valence-corrected chi connectivity index (χ2v) is 9.44. The quantitative estimate of drug-likeness (QED) is 0.603. The van der Waals surface area contributed by atoms with E-state index in [4.69, 9.17) is 9.47 Å². The molecule has 33 heavy (non-hydrogen) atoms. The first-order valence-electron chi connectivity index (χ1n) is 10.9. The Labute approximate surface area is 197 Å². The van der Waals surface area contributed by atoms with Crippen molar-refractivity contribution in [3.05, 3.63) is 60.2 Å². The molecule has 2 aromatic rings. The Hall–Kier alpha value is -3.20. The van der Waals surface area contributed by atoms with Gasteiger partial charge in [0.25, 0.3) is 5.24 Å².